The van der Waals surface area contributed by atoms with E-state index in [2.05, 4.69) is 29.1 Å². The summed E-state index contributed by atoms with van der Waals surface area (Å²) in [4.78, 5) is 20.4. The molecule has 4 nitrogen and oxygen atoms in total. The van der Waals surface area contributed by atoms with Gasteiger partial charge in [0, 0.05) is 18.7 Å². The van der Waals surface area contributed by atoms with Crippen LogP contribution in [0.15, 0.2) is 6.20 Å². The monoisotopic (exact) mass is 235 g/mol. The minimum atomic E-state index is -0.0912. The third-order valence-corrected chi connectivity index (χ3v) is 2.43. The number of hydrogen-bond donors (Lipinski definition) is 1. The zero-order chi connectivity index (χ0) is 13.0. The summed E-state index contributed by atoms with van der Waals surface area (Å²) in [7, 11) is 0. The molecule has 1 aromatic heterocycles. The molecule has 0 radical (unpaired) electrons. The molecule has 1 N–H and O–H groups in total. The van der Waals surface area contributed by atoms with Crippen molar-refractivity contribution in [3.8, 4) is 0 Å². The van der Waals surface area contributed by atoms with E-state index in [0.717, 1.165) is 11.5 Å². The first kappa shape index (κ1) is 13.6. The predicted octanol–water partition coefficient (Wildman–Crippen LogP) is 2.29. The van der Waals surface area contributed by atoms with E-state index in [1.807, 2.05) is 20.8 Å². The van der Waals surface area contributed by atoms with Gasteiger partial charge in [0.25, 0.3) is 5.91 Å². The van der Waals surface area contributed by atoms with Crippen molar-refractivity contribution in [3.05, 3.63) is 23.3 Å². The molecule has 0 saturated heterocycles. The van der Waals surface area contributed by atoms with Crippen LogP contribution in [0.5, 0.6) is 0 Å². The Labute approximate surface area is 103 Å². The maximum Gasteiger partial charge on any atom is 0.254 e. The van der Waals surface area contributed by atoms with E-state index < -0.39 is 0 Å². The molecule has 1 heterocycles. The Morgan fingerprint density at radius 3 is 2.47 bits per heavy atom. The van der Waals surface area contributed by atoms with Crippen LogP contribution in [0, 0.1) is 12.8 Å². The molecule has 0 fully saturated rings. The van der Waals surface area contributed by atoms with E-state index in [1.165, 1.54) is 0 Å². The molecule has 0 saturated carbocycles. The summed E-state index contributed by atoms with van der Waals surface area (Å²) in [5.74, 6) is 1.41. The molecule has 0 aliphatic rings. The second kappa shape index (κ2) is 5.75. The Morgan fingerprint density at radius 2 is 2.00 bits per heavy atom. The van der Waals surface area contributed by atoms with Gasteiger partial charge in [-0.2, -0.15) is 0 Å². The van der Waals surface area contributed by atoms with E-state index in [0.29, 0.717) is 18.0 Å². The fraction of sp³-hybridized carbons (Fsp3) is 0.615. The van der Waals surface area contributed by atoms with Gasteiger partial charge < -0.3 is 5.32 Å². The highest BCUT2D eigenvalue weighted by molar-refractivity contribution is 5.94. The number of nitrogens with one attached hydrogen (secondary N) is 1. The lowest BCUT2D eigenvalue weighted by molar-refractivity contribution is 0.0947. The largest absolute Gasteiger partial charge is 0.352 e. The molecule has 0 unspecified atom stereocenters. The normalized spacial score (nSPS) is 11.0. The lowest BCUT2D eigenvalue weighted by atomic mass is 10.1. The minimum absolute atomic E-state index is 0.0912. The Kier molecular flexibility index (Phi) is 4.61. The number of carbonyl (C=O) groups excluding carboxylic acids is 1. The highest BCUT2D eigenvalue weighted by Gasteiger charge is 2.12. The van der Waals surface area contributed by atoms with Crippen molar-refractivity contribution in [1.82, 2.24) is 15.3 Å². The Hall–Kier alpha value is -1.45. The predicted molar refractivity (Wildman–Crippen MR) is 68.0 cm³/mol. The van der Waals surface area contributed by atoms with E-state index in [1.54, 1.807) is 6.20 Å². The molecule has 0 aliphatic heterocycles. The third kappa shape index (κ3) is 3.80. The van der Waals surface area contributed by atoms with Crippen LogP contribution in [0.4, 0.5) is 0 Å². The van der Waals surface area contributed by atoms with E-state index >= 15 is 0 Å². The summed E-state index contributed by atoms with van der Waals surface area (Å²) in [5, 5.41) is 2.87. The summed E-state index contributed by atoms with van der Waals surface area (Å²) in [6.07, 6.45) is 1.62. The lowest BCUT2D eigenvalue weighted by Crippen LogP contribution is -2.28. The van der Waals surface area contributed by atoms with Gasteiger partial charge in [-0.15, -0.1) is 0 Å². The van der Waals surface area contributed by atoms with Crippen LogP contribution in [-0.2, 0) is 0 Å². The summed E-state index contributed by atoms with van der Waals surface area (Å²) < 4.78 is 0. The highest BCUT2D eigenvalue weighted by atomic mass is 16.1. The number of aryl methyl sites for hydroxylation is 1. The van der Waals surface area contributed by atoms with Crippen LogP contribution < -0.4 is 5.32 Å². The van der Waals surface area contributed by atoms with Gasteiger partial charge in [0.15, 0.2) is 0 Å². The van der Waals surface area contributed by atoms with Crippen LogP contribution in [0.2, 0.25) is 0 Å². The molecule has 0 bridgehead atoms. The molecule has 4 heteroatoms. The van der Waals surface area contributed by atoms with Gasteiger partial charge in [-0.25, -0.2) is 9.97 Å². The maximum absolute atomic E-state index is 11.9. The molecular weight excluding hydrogens is 214 g/mol. The SMILES string of the molecule is Cc1nc(C(C)C)ncc1C(=O)NCC(C)C. The molecule has 0 aromatic carbocycles. The molecular formula is C13H21N3O. The quantitative estimate of drug-likeness (QED) is 0.871. The maximum atomic E-state index is 11.9. The Balaban J connectivity index is 2.81. The fourth-order valence-electron chi connectivity index (χ4n) is 1.38. The standard InChI is InChI=1S/C13H21N3O/c1-8(2)6-15-13(17)11-7-14-12(9(3)4)16-10(11)5/h7-9H,6H2,1-5H3,(H,15,17). The van der Waals surface area contributed by atoms with Gasteiger partial charge in [0.05, 0.1) is 11.3 Å². The number of amides is 1. The number of hydrogen-bond acceptors (Lipinski definition) is 3. The summed E-state index contributed by atoms with van der Waals surface area (Å²) in [5.41, 5.74) is 1.31. The number of carbonyl (C=O) groups is 1. The van der Waals surface area contributed by atoms with Gasteiger partial charge in [-0.3, -0.25) is 4.79 Å². The van der Waals surface area contributed by atoms with Crippen molar-refractivity contribution in [2.75, 3.05) is 6.54 Å². The Morgan fingerprint density at radius 1 is 1.35 bits per heavy atom. The zero-order valence-corrected chi connectivity index (χ0v) is 11.2. The number of rotatable bonds is 4. The van der Waals surface area contributed by atoms with Crippen LogP contribution in [0.3, 0.4) is 0 Å². The van der Waals surface area contributed by atoms with E-state index in [4.69, 9.17) is 0 Å². The Bertz CT molecular complexity index is 400. The molecule has 94 valence electrons. The smallest absolute Gasteiger partial charge is 0.254 e. The molecule has 1 amide bonds. The zero-order valence-electron chi connectivity index (χ0n) is 11.2. The topological polar surface area (TPSA) is 54.9 Å². The molecule has 1 aromatic rings. The van der Waals surface area contributed by atoms with Crippen molar-refractivity contribution < 1.29 is 4.79 Å². The summed E-state index contributed by atoms with van der Waals surface area (Å²) >= 11 is 0. The first-order valence-electron chi connectivity index (χ1n) is 6.03. The van der Waals surface area contributed by atoms with Crippen molar-refractivity contribution in [1.29, 1.82) is 0 Å². The third-order valence-electron chi connectivity index (χ3n) is 2.43. The van der Waals surface area contributed by atoms with Gasteiger partial charge in [0.1, 0.15) is 5.82 Å². The minimum Gasteiger partial charge on any atom is -0.352 e. The second-order valence-electron chi connectivity index (χ2n) is 4.99. The van der Waals surface area contributed by atoms with Crippen molar-refractivity contribution in [2.24, 2.45) is 5.92 Å². The molecule has 1 rings (SSSR count). The molecule has 0 spiro atoms. The second-order valence-corrected chi connectivity index (χ2v) is 4.99. The van der Waals surface area contributed by atoms with Crippen LogP contribution >= 0.6 is 0 Å². The van der Waals surface area contributed by atoms with Crippen LogP contribution in [0.25, 0.3) is 0 Å². The summed E-state index contributed by atoms with van der Waals surface area (Å²) in [6.45, 7) is 10.7. The first-order valence-corrected chi connectivity index (χ1v) is 6.03. The van der Waals surface area contributed by atoms with Crippen molar-refractivity contribution in [3.63, 3.8) is 0 Å². The van der Waals surface area contributed by atoms with Gasteiger partial charge in [-0.05, 0) is 12.8 Å². The average molecular weight is 235 g/mol. The average Bonchev–Trinajstić information content (AvgIpc) is 2.25. The number of aromatic nitrogens is 2. The molecule has 0 atom stereocenters. The van der Waals surface area contributed by atoms with Crippen LogP contribution in [-0.4, -0.2) is 22.4 Å². The fourth-order valence-corrected chi connectivity index (χ4v) is 1.38. The van der Waals surface area contributed by atoms with Crippen molar-refractivity contribution >= 4 is 5.91 Å². The van der Waals surface area contributed by atoms with E-state index in [9.17, 15) is 4.79 Å². The molecule has 0 aliphatic carbocycles. The highest BCUT2D eigenvalue weighted by Crippen LogP contribution is 2.11. The van der Waals surface area contributed by atoms with Gasteiger partial charge >= 0.3 is 0 Å². The van der Waals surface area contributed by atoms with Crippen LogP contribution in [0.1, 0.15) is 55.5 Å². The van der Waals surface area contributed by atoms with E-state index in [-0.39, 0.29) is 11.8 Å². The summed E-state index contributed by atoms with van der Waals surface area (Å²) in [6, 6.07) is 0. The molecule has 17 heavy (non-hydrogen) atoms. The van der Waals surface area contributed by atoms with Gasteiger partial charge in [0.2, 0.25) is 0 Å². The van der Waals surface area contributed by atoms with Crippen molar-refractivity contribution in [2.45, 2.75) is 40.5 Å². The lowest BCUT2D eigenvalue weighted by Gasteiger charge is -2.10. The van der Waals surface area contributed by atoms with Gasteiger partial charge in [-0.1, -0.05) is 27.7 Å². The number of nitrogens with zero attached hydrogens (tertiary/aromatic N) is 2. The first-order chi connectivity index (χ1) is 7.91.